The van der Waals surface area contributed by atoms with Crippen molar-refractivity contribution in [2.45, 2.75) is 26.4 Å². The molecule has 2 heterocycles. The van der Waals surface area contributed by atoms with Gasteiger partial charge in [-0.2, -0.15) is 0 Å². The summed E-state index contributed by atoms with van der Waals surface area (Å²) in [5, 5.41) is 3.45. The smallest absolute Gasteiger partial charge is 0.0570 e. The van der Waals surface area contributed by atoms with Crippen molar-refractivity contribution >= 4 is 0 Å². The SMILES string of the molecule is Cc1cccnc1CN[C@@H](C)c1cccnc1. The molecule has 0 aliphatic heterocycles. The second-order valence-electron chi connectivity index (χ2n) is 4.16. The van der Waals surface area contributed by atoms with Crippen molar-refractivity contribution < 1.29 is 0 Å². The van der Waals surface area contributed by atoms with E-state index in [1.165, 1.54) is 11.1 Å². The molecular formula is C14H17N3. The second-order valence-corrected chi connectivity index (χ2v) is 4.16. The number of hydrogen-bond acceptors (Lipinski definition) is 3. The topological polar surface area (TPSA) is 37.8 Å². The van der Waals surface area contributed by atoms with Gasteiger partial charge in [0.05, 0.1) is 5.69 Å². The lowest BCUT2D eigenvalue weighted by Gasteiger charge is -2.14. The zero-order chi connectivity index (χ0) is 12.1. The number of nitrogens with zero attached hydrogens (tertiary/aromatic N) is 2. The van der Waals surface area contributed by atoms with Gasteiger partial charge in [0.15, 0.2) is 0 Å². The molecule has 0 aromatic carbocycles. The minimum absolute atomic E-state index is 0.283. The molecule has 2 aromatic rings. The van der Waals surface area contributed by atoms with Crippen LogP contribution in [-0.2, 0) is 6.54 Å². The highest BCUT2D eigenvalue weighted by Gasteiger charge is 2.05. The normalized spacial score (nSPS) is 12.4. The van der Waals surface area contributed by atoms with Crippen molar-refractivity contribution in [3.05, 3.63) is 59.7 Å². The lowest BCUT2D eigenvalue weighted by atomic mass is 10.1. The number of aryl methyl sites for hydroxylation is 1. The maximum atomic E-state index is 4.37. The third-order valence-electron chi connectivity index (χ3n) is 2.88. The molecule has 17 heavy (non-hydrogen) atoms. The summed E-state index contributed by atoms with van der Waals surface area (Å²) in [6.07, 6.45) is 5.51. The minimum Gasteiger partial charge on any atom is -0.304 e. The molecule has 0 amide bonds. The molecule has 1 N–H and O–H groups in total. The summed E-state index contributed by atoms with van der Waals surface area (Å²) >= 11 is 0. The Hall–Kier alpha value is -1.74. The molecule has 0 fully saturated rings. The van der Waals surface area contributed by atoms with Crippen molar-refractivity contribution in [3.8, 4) is 0 Å². The third-order valence-corrected chi connectivity index (χ3v) is 2.88. The van der Waals surface area contributed by atoms with E-state index in [1.54, 1.807) is 6.20 Å². The number of nitrogens with one attached hydrogen (secondary N) is 1. The molecule has 0 spiro atoms. The van der Waals surface area contributed by atoms with Crippen LogP contribution >= 0.6 is 0 Å². The third kappa shape index (κ3) is 3.11. The average Bonchev–Trinajstić information content (AvgIpc) is 2.38. The molecule has 0 bridgehead atoms. The van der Waals surface area contributed by atoms with Crippen molar-refractivity contribution in [3.63, 3.8) is 0 Å². The summed E-state index contributed by atoms with van der Waals surface area (Å²) in [5.41, 5.74) is 3.52. The first-order valence-corrected chi connectivity index (χ1v) is 5.81. The Morgan fingerprint density at radius 2 is 2.06 bits per heavy atom. The first-order chi connectivity index (χ1) is 8.27. The minimum atomic E-state index is 0.283. The highest BCUT2D eigenvalue weighted by molar-refractivity contribution is 5.18. The van der Waals surface area contributed by atoms with Crippen molar-refractivity contribution in [1.29, 1.82) is 0 Å². The maximum absolute atomic E-state index is 4.37. The van der Waals surface area contributed by atoms with E-state index < -0.39 is 0 Å². The molecule has 0 aliphatic carbocycles. The largest absolute Gasteiger partial charge is 0.304 e. The number of pyridine rings is 2. The summed E-state index contributed by atoms with van der Waals surface area (Å²) < 4.78 is 0. The van der Waals surface area contributed by atoms with E-state index >= 15 is 0 Å². The van der Waals surface area contributed by atoms with Crippen LogP contribution < -0.4 is 5.32 Å². The zero-order valence-corrected chi connectivity index (χ0v) is 10.2. The van der Waals surface area contributed by atoms with Crippen LogP contribution in [0.3, 0.4) is 0 Å². The summed E-state index contributed by atoms with van der Waals surface area (Å²) in [6, 6.07) is 8.36. The Morgan fingerprint density at radius 1 is 1.24 bits per heavy atom. The van der Waals surface area contributed by atoms with E-state index in [2.05, 4.69) is 41.3 Å². The van der Waals surface area contributed by atoms with Crippen LogP contribution in [0.15, 0.2) is 42.9 Å². The summed E-state index contributed by atoms with van der Waals surface area (Å²) in [7, 11) is 0. The fourth-order valence-electron chi connectivity index (χ4n) is 1.70. The van der Waals surface area contributed by atoms with E-state index in [4.69, 9.17) is 0 Å². The van der Waals surface area contributed by atoms with E-state index in [0.29, 0.717) is 0 Å². The Labute approximate surface area is 102 Å². The number of rotatable bonds is 4. The number of hydrogen-bond donors (Lipinski definition) is 1. The fourth-order valence-corrected chi connectivity index (χ4v) is 1.70. The van der Waals surface area contributed by atoms with E-state index in [9.17, 15) is 0 Å². The van der Waals surface area contributed by atoms with Gasteiger partial charge in [0.1, 0.15) is 0 Å². The molecule has 3 nitrogen and oxygen atoms in total. The lowest BCUT2D eigenvalue weighted by Crippen LogP contribution is -2.19. The van der Waals surface area contributed by atoms with Gasteiger partial charge in [-0.15, -0.1) is 0 Å². The first kappa shape index (κ1) is 11.7. The molecule has 1 atom stereocenters. The van der Waals surface area contributed by atoms with Crippen molar-refractivity contribution in [2.75, 3.05) is 0 Å². The zero-order valence-electron chi connectivity index (χ0n) is 10.2. The molecule has 88 valence electrons. The molecule has 0 aliphatic rings. The van der Waals surface area contributed by atoms with E-state index in [1.807, 2.05) is 24.5 Å². The van der Waals surface area contributed by atoms with Gasteiger partial charge < -0.3 is 5.32 Å². The van der Waals surface area contributed by atoms with Crippen LogP contribution in [-0.4, -0.2) is 9.97 Å². The molecule has 0 saturated carbocycles. The molecule has 0 unspecified atom stereocenters. The van der Waals surface area contributed by atoms with Crippen LogP contribution in [0, 0.1) is 6.92 Å². The van der Waals surface area contributed by atoms with Gasteiger partial charge in [-0.05, 0) is 37.1 Å². The molecular weight excluding hydrogens is 210 g/mol. The van der Waals surface area contributed by atoms with Gasteiger partial charge in [-0.1, -0.05) is 12.1 Å². The van der Waals surface area contributed by atoms with Crippen molar-refractivity contribution in [1.82, 2.24) is 15.3 Å². The van der Waals surface area contributed by atoms with Crippen LogP contribution in [0.4, 0.5) is 0 Å². The lowest BCUT2D eigenvalue weighted by molar-refractivity contribution is 0.564. The molecule has 3 heteroatoms. The summed E-state index contributed by atoms with van der Waals surface area (Å²) in [5.74, 6) is 0. The van der Waals surface area contributed by atoms with Gasteiger partial charge >= 0.3 is 0 Å². The van der Waals surface area contributed by atoms with Crippen LogP contribution in [0.2, 0.25) is 0 Å². The highest BCUT2D eigenvalue weighted by atomic mass is 14.9. The average molecular weight is 227 g/mol. The first-order valence-electron chi connectivity index (χ1n) is 5.81. The quantitative estimate of drug-likeness (QED) is 0.872. The Morgan fingerprint density at radius 3 is 2.76 bits per heavy atom. The summed E-state index contributed by atoms with van der Waals surface area (Å²) in [4.78, 5) is 8.49. The standard InChI is InChI=1S/C14H17N3/c1-11-5-3-8-16-14(11)10-17-12(2)13-6-4-7-15-9-13/h3-9,12,17H,10H2,1-2H3/t12-/m0/s1. The Bertz CT molecular complexity index is 468. The van der Waals surface area contributed by atoms with Gasteiger partial charge in [0.2, 0.25) is 0 Å². The van der Waals surface area contributed by atoms with E-state index in [-0.39, 0.29) is 6.04 Å². The number of aromatic nitrogens is 2. The molecule has 2 rings (SSSR count). The highest BCUT2D eigenvalue weighted by Crippen LogP contribution is 2.11. The predicted octanol–water partition coefficient (Wildman–Crippen LogP) is 2.64. The molecule has 0 radical (unpaired) electrons. The van der Waals surface area contributed by atoms with Crippen LogP contribution in [0.1, 0.15) is 29.8 Å². The molecule has 0 saturated heterocycles. The summed E-state index contributed by atoms with van der Waals surface area (Å²) in [6.45, 7) is 5.00. The van der Waals surface area contributed by atoms with Gasteiger partial charge in [0.25, 0.3) is 0 Å². The van der Waals surface area contributed by atoms with E-state index in [0.717, 1.165) is 12.2 Å². The Balaban J connectivity index is 1.97. The Kier molecular flexibility index (Phi) is 3.83. The monoisotopic (exact) mass is 227 g/mol. The van der Waals surface area contributed by atoms with Crippen LogP contribution in [0.25, 0.3) is 0 Å². The van der Waals surface area contributed by atoms with Crippen LogP contribution in [0.5, 0.6) is 0 Å². The second kappa shape index (κ2) is 5.55. The maximum Gasteiger partial charge on any atom is 0.0570 e. The van der Waals surface area contributed by atoms with Gasteiger partial charge in [0, 0.05) is 31.2 Å². The van der Waals surface area contributed by atoms with Gasteiger partial charge in [-0.3, -0.25) is 9.97 Å². The molecule has 2 aromatic heterocycles. The fraction of sp³-hybridized carbons (Fsp3) is 0.286. The van der Waals surface area contributed by atoms with Gasteiger partial charge in [-0.25, -0.2) is 0 Å². The predicted molar refractivity (Wildman–Crippen MR) is 68.5 cm³/mol. The van der Waals surface area contributed by atoms with Crippen molar-refractivity contribution in [2.24, 2.45) is 0 Å².